The fourth-order valence-electron chi connectivity index (χ4n) is 4.06. The van der Waals surface area contributed by atoms with E-state index in [0.717, 1.165) is 34.3 Å². The van der Waals surface area contributed by atoms with Crippen LogP contribution in [0.2, 0.25) is 0 Å². The van der Waals surface area contributed by atoms with Gasteiger partial charge in [0, 0.05) is 16.3 Å². The number of halogens is 2. The first-order valence-electron chi connectivity index (χ1n) is 9.79. The van der Waals surface area contributed by atoms with Crippen molar-refractivity contribution < 1.29 is 14.3 Å². The molecule has 0 unspecified atom stereocenters. The van der Waals surface area contributed by atoms with E-state index in [-0.39, 0.29) is 17.9 Å². The normalized spacial score (nSPS) is 19.4. The maximum atomic E-state index is 13.9. The highest BCUT2D eigenvalue weighted by Crippen LogP contribution is 2.37. The minimum atomic E-state index is -0.456. The average Bonchev–Trinajstić information content (AvgIpc) is 3.34. The quantitative estimate of drug-likeness (QED) is 0.517. The van der Waals surface area contributed by atoms with Gasteiger partial charge in [0.05, 0.1) is 31.4 Å². The van der Waals surface area contributed by atoms with Crippen LogP contribution in [0.15, 0.2) is 36.7 Å². The number of hydrogen-bond acceptors (Lipinski definition) is 5. The molecule has 8 nitrogen and oxygen atoms in total. The summed E-state index contributed by atoms with van der Waals surface area (Å²) in [6, 6.07) is 6.54. The molecule has 2 amide bonds. The molecule has 2 aromatic heterocycles. The van der Waals surface area contributed by atoms with E-state index in [4.69, 9.17) is 4.98 Å². The lowest BCUT2D eigenvalue weighted by Gasteiger charge is -2.35. The average molecular weight is 522 g/mol. The van der Waals surface area contributed by atoms with Gasteiger partial charge in [0.25, 0.3) is 0 Å². The topological polar surface area (TPSA) is 86.0 Å². The van der Waals surface area contributed by atoms with Crippen LogP contribution in [0.5, 0.6) is 0 Å². The highest BCUT2D eigenvalue weighted by atomic mass is 127. The molecule has 2 aliphatic rings. The number of carbonyl (C=O) groups excluding carboxylic acids is 1. The van der Waals surface area contributed by atoms with Crippen molar-refractivity contribution in [2.45, 2.75) is 25.0 Å². The Morgan fingerprint density at radius 2 is 2.13 bits per heavy atom. The molecule has 10 heteroatoms. The Morgan fingerprint density at radius 3 is 2.93 bits per heavy atom. The van der Waals surface area contributed by atoms with E-state index in [2.05, 4.69) is 37.9 Å². The van der Waals surface area contributed by atoms with E-state index in [0.29, 0.717) is 24.4 Å². The molecule has 2 aliphatic heterocycles. The molecule has 156 valence electrons. The Morgan fingerprint density at radius 1 is 1.30 bits per heavy atom. The molecule has 30 heavy (non-hydrogen) atoms. The van der Waals surface area contributed by atoms with Crippen LogP contribution in [-0.2, 0) is 0 Å². The summed E-state index contributed by atoms with van der Waals surface area (Å²) in [5, 5.41) is 16.5. The molecule has 3 aromatic rings. The van der Waals surface area contributed by atoms with Crippen LogP contribution >= 0.6 is 22.6 Å². The Labute approximate surface area is 185 Å². The second kappa shape index (κ2) is 7.65. The molecule has 4 heterocycles. The molecular weight excluding hydrogens is 502 g/mol. The van der Waals surface area contributed by atoms with Gasteiger partial charge < -0.3 is 20.2 Å². The Kier molecular flexibility index (Phi) is 4.97. The van der Waals surface area contributed by atoms with Crippen LogP contribution in [0.4, 0.5) is 20.7 Å². The molecule has 0 radical (unpaired) electrons. The lowest BCUT2D eigenvalue weighted by Crippen LogP contribution is -2.54. The molecule has 1 atom stereocenters. The van der Waals surface area contributed by atoms with E-state index in [9.17, 15) is 14.3 Å². The number of fused-ring (bicyclic) bond motifs is 1. The molecule has 1 aromatic carbocycles. The molecule has 2 N–H and O–H groups in total. The number of benzene rings is 1. The molecular formula is C20H20FIN6O2. The van der Waals surface area contributed by atoms with Crippen LogP contribution in [-0.4, -0.2) is 56.4 Å². The first-order chi connectivity index (χ1) is 14.5. The van der Waals surface area contributed by atoms with Crippen molar-refractivity contribution in [2.75, 3.05) is 29.9 Å². The number of nitrogens with one attached hydrogen (secondary N) is 1. The van der Waals surface area contributed by atoms with Gasteiger partial charge in [-0.3, -0.25) is 0 Å². The van der Waals surface area contributed by atoms with Crippen LogP contribution in [0.3, 0.4) is 0 Å². The first-order valence-corrected chi connectivity index (χ1v) is 10.9. The van der Waals surface area contributed by atoms with E-state index in [1.165, 1.54) is 11.0 Å². The minimum Gasteiger partial charge on any atom is -0.389 e. The molecule has 0 bridgehead atoms. The number of amides is 2. The largest absolute Gasteiger partial charge is 0.389 e. The summed E-state index contributed by atoms with van der Waals surface area (Å²) in [5.41, 5.74) is 2.02. The Hall–Kier alpha value is -2.47. The maximum Gasteiger partial charge on any atom is 0.322 e. The van der Waals surface area contributed by atoms with Crippen molar-refractivity contribution in [1.29, 1.82) is 0 Å². The number of aliphatic hydroxyl groups excluding tert-OH is 1. The summed E-state index contributed by atoms with van der Waals surface area (Å²) in [4.78, 5) is 20.8. The van der Waals surface area contributed by atoms with E-state index >= 15 is 0 Å². The van der Waals surface area contributed by atoms with E-state index < -0.39 is 6.10 Å². The highest BCUT2D eigenvalue weighted by Gasteiger charge is 2.31. The monoisotopic (exact) mass is 522 g/mol. The van der Waals surface area contributed by atoms with Crippen molar-refractivity contribution in [2.24, 2.45) is 0 Å². The van der Waals surface area contributed by atoms with Gasteiger partial charge in [-0.2, -0.15) is 5.10 Å². The standard InChI is InChI=1S/C20H20FIN6O2/c21-12-3-4-15(22)14(8-12)17-2-1-6-27(17)18-5-7-28-19(25-18)16(9-23-28)24-20(30)26-10-13(29)11-26/h3-5,7-9,13,17,29H,1-2,6,10-11H2,(H,24,30)/t17-/m1/s1. The van der Waals surface area contributed by atoms with Gasteiger partial charge in [0.2, 0.25) is 0 Å². The zero-order chi connectivity index (χ0) is 20.8. The fraction of sp³-hybridized carbons (Fsp3) is 0.350. The Bertz CT molecular complexity index is 1120. The van der Waals surface area contributed by atoms with E-state index in [1.54, 1.807) is 22.8 Å². The third-order valence-corrected chi connectivity index (χ3v) is 6.59. The number of urea groups is 1. The predicted molar refractivity (Wildman–Crippen MR) is 118 cm³/mol. The molecule has 0 aliphatic carbocycles. The SMILES string of the molecule is O=C(Nc1cnn2ccc(N3CCC[C@@H]3c3cc(F)ccc3I)nc12)N1CC(O)C1. The number of likely N-dealkylation sites (tertiary alicyclic amines) is 1. The van der Waals surface area contributed by atoms with Crippen molar-refractivity contribution in [3.63, 3.8) is 0 Å². The van der Waals surface area contributed by atoms with Gasteiger partial charge in [0.15, 0.2) is 5.65 Å². The van der Waals surface area contributed by atoms with Crippen molar-refractivity contribution in [1.82, 2.24) is 19.5 Å². The summed E-state index contributed by atoms with van der Waals surface area (Å²) < 4.78 is 16.5. The molecule has 0 saturated carbocycles. The number of β-amino-alcohol motifs (C(OH)–C–C–N with tert-alkyl or cyclic N) is 1. The van der Waals surface area contributed by atoms with Crippen molar-refractivity contribution >= 4 is 45.8 Å². The summed E-state index contributed by atoms with van der Waals surface area (Å²) in [5.74, 6) is 0.526. The van der Waals surface area contributed by atoms with Gasteiger partial charge in [-0.15, -0.1) is 0 Å². The summed E-state index contributed by atoms with van der Waals surface area (Å²) in [6.07, 6.45) is 4.84. The van der Waals surface area contributed by atoms with Crippen molar-refractivity contribution in [3.05, 3.63) is 51.6 Å². The number of anilines is 2. The maximum absolute atomic E-state index is 13.9. The second-order valence-corrected chi connectivity index (χ2v) is 8.78. The lowest BCUT2D eigenvalue weighted by atomic mass is 10.0. The zero-order valence-electron chi connectivity index (χ0n) is 16.0. The predicted octanol–water partition coefficient (Wildman–Crippen LogP) is 3.02. The summed E-state index contributed by atoms with van der Waals surface area (Å²) in [7, 11) is 0. The zero-order valence-corrected chi connectivity index (χ0v) is 18.2. The smallest absolute Gasteiger partial charge is 0.322 e. The first kappa shape index (κ1) is 19.5. The van der Waals surface area contributed by atoms with Crippen LogP contribution in [0.25, 0.3) is 5.65 Å². The number of nitrogens with zero attached hydrogens (tertiary/aromatic N) is 5. The molecule has 2 fully saturated rings. The number of aromatic nitrogens is 3. The minimum absolute atomic E-state index is 0.0473. The van der Waals surface area contributed by atoms with Crippen LogP contribution < -0.4 is 10.2 Å². The number of carbonyl (C=O) groups is 1. The van der Waals surface area contributed by atoms with E-state index in [1.807, 2.05) is 12.3 Å². The van der Waals surface area contributed by atoms with Gasteiger partial charge in [-0.25, -0.2) is 18.7 Å². The number of aliphatic hydroxyl groups is 1. The number of rotatable bonds is 3. The molecule has 2 saturated heterocycles. The summed E-state index contributed by atoms with van der Waals surface area (Å²) in [6.45, 7) is 1.47. The lowest BCUT2D eigenvalue weighted by molar-refractivity contribution is 0.0309. The van der Waals surface area contributed by atoms with Crippen LogP contribution in [0.1, 0.15) is 24.4 Å². The van der Waals surface area contributed by atoms with Crippen molar-refractivity contribution in [3.8, 4) is 0 Å². The van der Waals surface area contributed by atoms with Crippen LogP contribution in [0, 0.1) is 9.39 Å². The van der Waals surface area contributed by atoms with Gasteiger partial charge >= 0.3 is 6.03 Å². The second-order valence-electron chi connectivity index (χ2n) is 7.62. The van der Waals surface area contributed by atoms with Gasteiger partial charge in [-0.1, -0.05) is 0 Å². The Balaban J connectivity index is 1.44. The molecule has 0 spiro atoms. The number of hydrogen-bond donors (Lipinski definition) is 2. The van der Waals surface area contributed by atoms with Gasteiger partial charge in [-0.05, 0) is 65.3 Å². The summed E-state index contributed by atoms with van der Waals surface area (Å²) >= 11 is 2.25. The highest BCUT2D eigenvalue weighted by molar-refractivity contribution is 14.1. The fourth-order valence-corrected chi connectivity index (χ4v) is 4.75. The third kappa shape index (κ3) is 3.47. The third-order valence-electron chi connectivity index (χ3n) is 5.61. The molecule has 5 rings (SSSR count). The van der Waals surface area contributed by atoms with Gasteiger partial charge in [0.1, 0.15) is 17.3 Å².